The molecule has 1 fully saturated rings. The first-order valence-electron chi connectivity index (χ1n) is 6.43. The number of hydrogen-bond donors (Lipinski definition) is 0. The molecule has 0 radical (unpaired) electrons. The summed E-state index contributed by atoms with van der Waals surface area (Å²) in [5.74, 6) is 1.02. The third-order valence-electron chi connectivity index (χ3n) is 3.18. The second-order valence-corrected chi connectivity index (χ2v) is 5.59. The van der Waals surface area contributed by atoms with Crippen LogP contribution in [0.25, 0.3) is 0 Å². The lowest BCUT2D eigenvalue weighted by Crippen LogP contribution is -2.32. The molecule has 1 saturated heterocycles. The SMILES string of the molecule is C=CCSC(c1ccccc1)N1CCCCC1. The standard InChI is InChI=1S/C15H21NS/c1-2-13-17-15(14-9-5-3-6-10-14)16-11-7-4-8-12-16/h2-3,5-6,9-10,15H,1,4,7-8,11-13H2. The van der Waals surface area contributed by atoms with Crippen molar-refractivity contribution in [3.8, 4) is 0 Å². The number of thioether (sulfide) groups is 1. The highest BCUT2D eigenvalue weighted by atomic mass is 32.2. The van der Waals surface area contributed by atoms with Gasteiger partial charge in [0.15, 0.2) is 0 Å². The molecule has 1 aliphatic rings. The van der Waals surface area contributed by atoms with Crippen LogP contribution in [0.1, 0.15) is 30.2 Å². The second kappa shape index (κ2) is 6.87. The lowest BCUT2D eigenvalue weighted by Gasteiger charge is -2.34. The molecule has 0 amide bonds. The van der Waals surface area contributed by atoms with E-state index in [4.69, 9.17) is 0 Å². The minimum absolute atomic E-state index is 0.509. The summed E-state index contributed by atoms with van der Waals surface area (Å²) in [5.41, 5.74) is 1.43. The van der Waals surface area contributed by atoms with Gasteiger partial charge in [0.2, 0.25) is 0 Å². The number of likely N-dealkylation sites (tertiary alicyclic amines) is 1. The smallest absolute Gasteiger partial charge is 0.0817 e. The summed E-state index contributed by atoms with van der Waals surface area (Å²) in [5, 5.41) is 0.509. The quantitative estimate of drug-likeness (QED) is 0.721. The molecule has 0 saturated carbocycles. The Labute approximate surface area is 109 Å². The van der Waals surface area contributed by atoms with Gasteiger partial charge in [0.05, 0.1) is 5.37 Å². The first kappa shape index (κ1) is 12.7. The predicted octanol–water partition coefficient (Wildman–Crippen LogP) is 4.09. The average molecular weight is 247 g/mol. The number of piperidine rings is 1. The fourth-order valence-electron chi connectivity index (χ4n) is 2.34. The van der Waals surface area contributed by atoms with Gasteiger partial charge >= 0.3 is 0 Å². The Hall–Kier alpha value is -0.730. The first-order chi connectivity index (χ1) is 8.42. The number of nitrogens with zero attached hydrogens (tertiary/aromatic N) is 1. The molecule has 92 valence electrons. The Kier molecular flexibility index (Phi) is 5.14. The fourth-order valence-corrected chi connectivity index (χ4v) is 3.43. The van der Waals surface area contributed by atoms with Gasteiger partial charge in [0.1, 0.15) is 0 Å². The van der Waals surface area contributed by atoms with E-state index in [-0.39, 0.29) is 0 Å². The molecule has 0 aliphatic carbocycles. The maximum absolute atomic E-state index is 3.83. The van der Waals surface area contributed by atoms with Crippen LogP contribution in [0.3, 0.4) is 0 Å². The molecule has 0 bridgehead atoms. The van der Waals surface area contributed by atoms with E-state index in [1.807, 2.05) is 17.8 Å². The van der Waals surface area contributed by atoms with Gasteiger partial charge in [-0.25, -0.2) is 0 Å². The van der Waals surface area contributed by atoms with Gasteiger partial charge in [0.25, 0.3) is 0 Å². The third kappa shape index (κ3) is 3.62. The van der Waals surface area contributed by atoms with Crippen LogP contribution in [0.15, 0.2) is 43.0 Å². The van der Waals surface area contributed by atoms with Crippen molar-refractivity contribution in [1.29, 1.82) is 0 Å². The van der Waals surface area contributed by atoms with E-state index in [1.165, 1.54) is 37.9 Å². The van der Waals surface area contributed by atoms with Crippen molar-refractivity contribution in [2.24, 2.45) is 0 Å². The fraction of sp³-hybridized carbons (Fsp3) is 0.467. The minimum Gasteiger partial charge on any atom is -0.288 e. The van der Waals surface area contributed by atoms with E-state index in [2.05, 4.69) is 41.8 Å². The monoisotopic (exact) mass is 247 g/mol. The lowest BCUT2D eigenvalue weighted by molar-refractivity contribution is 0.215. The van der Waals surface area contributed by atoms with Crippen molar-refractivity contribution in [2.45, 2.75) is 24.6 Å². The molecule has 1 nitrogen and oxygen atoms in total. The highest BCUT2D eigenvalue weighted by molar-refractivity contribution is 7.99. The van der Waals surface area contributed by atoms with Gasteiger partial charge in [-0.2, -0.15) is 0 Å². The molecule has 0 N–H and O–H groups in total. The molecule has 17 heavy (non-hydrogen) atoms. The third-order valence-corrected chi connectivity index (χ3v) is 4.49. The zero-order valence-corrected chi connectivity index (χ0v) is 11.2. The van der Waals surface area contributed by atoms with E-state index >= 15 is 0 Å². The van der Waals surface area contributed by atoms with Crippen LogP contribution in [0.5, 0.6) is 0 Å². The molecule has 1 unspecified atom stereocenters. The maximum Gasteiger partial charge on any atom is 0.0817 e. The molecule has 2 rings (SSSR count). The molecule has 1 atom stereocenters. The highest BCUT2D eigenvalue weighted by Crippen LogP contribution is 2.34. The van der Waals surface area contributed by atoms with Gasteiger partial charge in [0, 0.05) is 5.75 Å². The second-order valence-electron chi connectivity index (χ2n) is 4.48. The Morgan fingerprint density at radius 1 is 1.18 bits per heavy atom. The van der Waals surface area contributed by atoms with Gasteiger partial charge in [-0.15, -0.1) is 18.3 Å². The number of hydrogen-bond acceptors (Lipinski definition) is 2. The summed E-state index contributed by atoms with van der Waals surface area (Å²) < 4.78 is 0. The van der Waals surface area contributed by atoms with Crippen LogP contribution in [0.4, 0.5) is 0 Å². The summed E-state index contributed by atoms with van der Waals surface area (Å²) in [6, 6.07) is 10.9. The molecular weight excluding hydrogens is 226 g/mol. The van der Waals surface area contributed by atoms with Crippen LogP contribution in [0.2, 0.25) is 0 Å². The summed E-state index contributed by atoms with van der Waals surface area (Å²) in [7, 11) is 0. The lowest BCUT2D eigenvalue weighted by atomic mass is 10.1. The molecule has 0 spiro atoms. The predicted molar refractivity (Wildman–Crippen MR) is 77.3 cm³/mol. The largest absolute Gasteiger partial charge is 0.288 e. The zero-order chi connectivity index (χ0) is 11.9. The van der Waals surface area contributed by atoms with Gasteiger partial charge in [-0.05, 0) is 31.5 Å². The van der Waals surface area contributed by atoms with Crippen molar-refractivity contribution in [3.63, 3.8) is 0 Å². The summed E-state index contributed by atoms with van der Waals surface area (Å²) >= 11 is 1.99. The summed E-state index contributed by atoms with van der Waals surface area (Å²) in [6.45, 7) is 6.31. The Morgan fingerprint density at radius 3 is 2.53 bits per heavy atom. The van der Waals surface area contributed by atoms with E-state index in [0.29, 0.717) is 5.37 Å². The molecule has 1 aromatic rings. The average Bonchev–Trinajstić information content (AvgIpc) is 2.42. The van der Waals surface area contributed by atoms with Crippen LogP contribution in [-0.2, 0) is 0 Å². The van der Waals surface area contributed by atoms with Crippen molar-refractivity contribution in [3.05, 3.63) is 48.6 Å². The van der Waals surface area contributed by atoms with Gasteiger partial charge in [-0.1, -0.05) is 42.8 Å². The van der Waals surface area contributed by atoms with Crippen LogP contribution >= 0.6 is 11.8 Å². The van der Waals surface area contributed by atoms with E-state index in [9.17, 15) is 0 Å². The summed E-state index contributed by atoms with van der Waals surface area (Å²) in [4.78, 5) is 2.62. The van der Waals surface area contributed by atoms with Crippen LogP contribution in [-0.4, -0.2) is 23.7 Å². The minimum atomic E-state index is 0.509. The van der Waals surface area contributed by atoms with E-state index in [0.717, 1.165) is 5.75 Å². The molecule has 1 aliphatic heterocycles. The first-order valence-corrected chi connectivity index (χ1v) is 7.48. The highest BCUT2D eigenvalue weighted by Gasteiger charge is 2.21. The number of benzene rings is 1. The Bertz CT molecular complexity index is 330. The molecule has 1 heterocycles. The number of rotatable bonds is 5. The molecular formula is C15H21NS. The van der Waals surface area contributed by atoms with Crippen LogP contribution < -0.4 is 0 Å². The Balaban J connectivity index is 2.09. The molecule has 2 heteroatoms. The topological polar surface area (TPSA) is 3.24 Å². The van der Waals surface area contributed by atoms with Gasteiger partial charge in [-0.3, -0.25) is 4.90 Å². The molecule has 0 aromatic heterocycles. The van der Waals surface area contributed by atoms with Crippen molar-refractivity contribution in [2.75, 3.05) is 18.8 Å². The van der Waals surface area contributed by atoms with E-state index < -0.39 is 0 Å². The Morgan fingerprint density at radius 2 is 1.88 bits per heavy atom. The van der Waals surface area contributed by atoms with Crippen LogP contribution in [0, 0.1) is 0 Å². The van der Waals surface area contributed by atoms with Crippen molar-refractivity contribution in [1.82, 2.24) is 4.90 Å². The van der Waals surface area contributed by atoms with Crippen molar-refractivity contribution < 1.29 is 0 Å². The molecule has 1 aromatic carbocycles. The van der Waals surface area contributed by atoms with Crippen molar-refractivity contribution >= 4 is 11.8 Å². The zero-order valence-electron chi connectivity index (χ0n) is 10.3. The van der Waals surface area contributed by atoms with Gasteiger partial charge < -0.3 is 0 Å². The van der Waals surface area contributed by atoms with E-state index in [1.54, 1.807) is 0 Å². The maximum atomic E-state index is 3.83. The summed E-state index contributed by atoms with van der Waals surface area (Å²) in [6.07, 6.45) is 6.09. The normalized spacial score (nSPS) is 18.8.